The highest BCUT2D eigenvalue weighted by Crippen LogP contribution is 2.20. The highest BCUT2D eigenvalue weighted by atomic mass is 19.3. The van der Waals surface area contributed by atoms with Crippen molar-refractivity contribution in [3.8, 4) is 0 Å². The minimum absolute atomic E-state index is 0.0455. The van der Waals surface area contributed by atoms with Crippen molar-refractivity contribution >= 4 is 5.69 Å². The van der Waals surface area contributed by atoms with Gasteiger partial charge in [-0.3, -0.25) is 0 Å². The Bertz CT molecular complexity index is 267. The molecule has 1 aromatic carbocycles. The Morgan fingerprint density at radius 2 is 1.92 bits per heavy atom. The highest BCUT2D eigenvalue weighted by Gasteiger charge is 2.04. The van der Waals surface area contributed by atoms with Crippen LogP contribution in [-0.4, -0.2) is 6.54 Å². The topological polar surface area (TPSA) is 12.0 Å². The van der Waals surface area contributed by atoms with Crippen molar-refractivity contribution in [2.45, 2.75) is 6.43 Å². The van der Waals surface area contributed by atoms with E-state index in [2.05, 4.69) is 11.9 Å². The van der Waals surface area contributed by atoms with E-state index in [0.29, 0.717) is 6.54 Å². The predicted molar refractivity (Wildman–Crippen MR) is 50.1 cm³/mol. The van der Waals surface area contributed by atoms with Crippen molar-refractivity contribution < 1.29 is 8.78 Å². The molecular formula is C10H11F2N. The average Bonchev–Trinajstić information content (AvgIpc) is 2.15. The van der Waals surface area contributed by atoms with Crippen LogP contribution in [0.3, 0.4) is 0 Å². The van der Waals surface area contributed by atoms with Gasteiger partial charge in [-0.1, -0.05) is 18.2 Å². The second kappa shape index (κ2) is 4.60. The maximum absolute atomic E-state index is 12.1. The van der Waals surface area contributed by atoms with Crippen LogP contribution < -0.4 is 5.32 Å². The monoisotopic (exact) mass is 183 g/mol. The maximum atomic E-state index is 12.1. The van der Waals surface area contributed by atoms with Gasteiger partial charge in [0.1, 0.15) is 0 Å². The van der Waals surface area contributed by atoms with Crippen LogP contribution in [0.1, 0.15) is 12.0 Å². The molecule has 0 aliphatic heterocycles. The number of hydrogen-bond donors (Lipinski definition) is 1. The van der Waals surface area contributed by atoms with Crippen LogP contribution in [0.4, 0.5) is 14.5 Å². The van der Waals surface area contributed by atoms with Gasteiger partial charge in [0, 0.05) is 17.8 Å². The summed E-state index contributed by atoms with van der Waals surface area (Å²) in [5.41, 5.74) is 0.869. The molecule has 0 unspecified atom stereocenters. The molecule has 13 heavy (non-hydrogen) atoms. The van der Waals surface area contributed by atoms with E-state index in [-0.39, 0.29) is 5.56 Å². The number of anilines is 1. The lowest BCUT2D eigenvalue weighted by Crippen LogP contribution is -1.97. The Morgan fingerprint density at radius 3 is 2.38 bits per heavy atom. The summed E-state index contributed by atoms with van der Waals surface area (Å²) in [5.74, 6) is 0. The Labute approximate surface area is 76.1 Å². The minimum Gasteiger partial charge on any atom is -0.382 e. The molecule has 1 rings (SSSR count). The second-order valence-electron chi connectivity index (χ2n) is 2.59. The van der Waals surface area contributed by atoms with Crippen LogP contribution >= 0.6 is 0 Å². The first kappa shape index (κ1) is 9.71. The molecule has 0 spiro atoms. The largest absolute Gasteiger partial charge is 0.382 e. The summed E-state index contributed by atoms with van der Waals surface area (Å²) in [7, 11) is 0. The van der Waals surface area contributed by atoms with Crippen LogP contribution in [0.5, 0.6) is 0 Å². The van der Waals surface area contributed by atoms with Crippen molar-refractivity contribution in [2.75, 3.05) is 11.9 Å². The van der Waals surface area contributed by atoms with Gasteiger partial charge in [0.2, 0.25) is 0 Å². The van der Waals surface area contributed by atoms with E-state index in [1.807, 2.05) is 0 Å². The third-order valence-corrected chi connectivity index (χ3v) is 1.61. The molecule has 0 fully saturated rings. The average molecular weight is 183 g/mol. The summed E-state index contributed by atoms with van der Waals surface area (Å²) in [6, 6.07) is 6.09. The molecule has 0 aromatic heterocycles. The first-order valence-corrected chi connectivity index (χ1v) is 3.97. The quantitative estimate of drug-likeness (QED) is 0.706. The molecule has 0 saturated carbocycles. The molecule has 0 heterocycles. The van der Waals surface area contributed by atoms with Gasteiger partial charge >= 0.3 is 0 Å². The van der Waals surface area contributed by atoms with Gasteiger partial charge in [0.05, 0.1) is 0 Å². The molecule has 0 bridgehead atoms. The molecular weight excluding hydrogens is 172 g/mol. The third kappa shape index (κ3) is 2.86. The molecule has 0 aliphatic carbocycles. The van der Waals surface area contributed by atoms with Crippen LogP contribution in [0.15, 0.2) is 36.9 Å². The molecule has 1 N–H and O–H groups in total. The van der Waals surface area contributed by atoms with Gasteiger partial charge in [-0.15, -0.1) is 6.58 Å². The van der Waals surface area contributed by atoms with Crippen LogP contribution in [-0.2, 0) is 0 Å². The van der Waals surface area contributed by atoms with Gasteiger partial charge in [-0.2, -0.15) is 0 Å². The van der Waals surface area contributed by atoms with Gasteiger partial charge in [0.15, 0.2) is 0 Å². The van der Waals surface area contributed by atoms with Crippen molar-refractivity contribution in [3.05, 3.63) is 42.5 Å². The fourth-order valence-electron chi connectivity index (χ4n) is 0.936. The number of rotatable bonds is 4. The fraction of sp³-hybridized carbons (Fsp3) is 0.200. The van der Waals surface area contributed by atoms with E-state index in [9.17, 15) is 8.78 Å². The number of nitrogens with one attached hydrogen (secondary N) is 1. The summed E-state index contributed by atoms with van der Waals surface area (Å²) >= 11 is 0. The van der Waals surface area contributed by atoms with Crippen LogP contribution in [0.2, 0.25) is 0 Å². The molecule has 0 amide bonds. The molecule has 1 nitrogen and oxygen atoms in total. The van der Waals surface area contributed by atoms with Gasteiger partial charge in [-0.05, 0) is 12.1 Å². The zero-order valence-electron chi connectivity index (χ0n) is 7.13. The van der Waals surface area contributed by atoms with Crippen molar-refractivity contribution in [1.29, 1.82) is 0 Å². The summed E-state index contributed by atoms with van der Waals surface area (Å²) in [4.78, 5) is 0. The van der Waals surface area contributed by atoms with E-state index < -0.39 is 6.43 Å². The predicted octanol–water partition coefficient (Wildman–Crippen LogP) is 3.22. The molecule has 0 aliphatic rings. The first-order valence-electron chi connectivity index (χ1n) is 3.97. The normalized spacial score (nSPS) is 10.1. The highest BCUT2D eigenvalue weighted by molar-refractivity contribution is 5.45. The summed E-state index contributed by atoms with van der Waals surface area (Å²) in [6.45, 7) is 4.17. The first-order chi connectivity index (χ1) is 6.24. The number of hydrogen-bond acceptors (Lipinski definition) is 1. The SMILES string of the molecule is C=CCNc1ccc(C(F)F)cc1. The lowest BCUT2D eigenvalue weighted by atomic mass is 10.2. The molecule has 70 valence electrons. The number of benzene rings is 1. The molecule has 0 radical (unpaired) electrons. The van der Waals surface area contributed by atoms with E-state index in [1.54, 1.807) is 18.2 Å². The van der Waals surface area contributed by atoms with Gasteiger partial charge < -0.3 is 5.32 Å². The lowest BCUT2D eigenvalue weighted by molar-refractivity contribution is 0.151. The molecule has 0 atom stereocenters. The Kier molecular flexibility index (Phi) is 3.43. The van der Waals surface area contributed by atoms with Crippen molar-refractivity contribution in [3.63, 3.8) is 0 Å². The molecule has 1 aromatic rings. The zero-order chi connectivity index (χ0) is 9.68. The number of halogens is 2. The summed E-state index contributed by atoms with van der Waals surface area (Å²) in [5, 5.41) is 3.00. The summed E-state index contributed by atoms with van der Waals surface area (Å²) in [6.07, 6.45) is -0.686. The number of alkyl halides is 2. The van der Waals surface area contributed by atoms with E-state index in [4.69, 9.17) is 0 Å². The van der Waals surface area contributed by atoms with E-state index in [1.165, 1.54) is 12.1 Å². The zero-order valence-corrected chi connectivity index (χ0v) is 7.13. The Morgan fingerprint density at radius 1 is 1.31 bits per heavy atom. The van der Waals surface area contributed by atoms with Crippen LogP contribution in [0.25, 0.3) is 0 Å². The van der Waals surface area contributed by atoms with Crippen molar-refractivity contribution in [1.82, 2.24) is 0 Å². The van der Waals surface area contributed by atoms with E-state index >= 15 is 0 Å². The Hall–Kier alpha value is -1.38. The van der Waals surface area contributed by atoms with E-state index in [0.717, 1.165) is 5.69 Å². The standard InChI is InChI=1S/C10H11F2N/c1-2-7-13-9-5-3-8(4-6-9)10(11)12/h2-6,10,13H,1,7H2. The maximum Gasteiger partial charge on any atom is 0.263 e. The lowest BCUT2D eigenvalue weighted by Gasteiger charge is -2.04. The smallest absolute Gasteiger partial charge is 0.263 e. The van der Waals surface area contributed by atoms with Crippen LogP contribution in [0, 0.1) is 0 Å². The van der Waals surface area contributed by atoms with Crippen molar-refractivity contribution in [2.24, 2.45) is 0 Å². The third-order valence-electron chi connectivity index (χ3n) is 1.61. The van der Waals surface area contributed by atoms with Gasteiger partial charge in [-0.25, -0.2) is 8.78 Å². The molecule has 0 saturated heterocycles. The Balaban J connectivity index is 2.64. The fourth-order valence-corrected chi connectivity index (χ4v) is 0.936. The minimum atomic E-state index is -2.39. The summed E-state index contributed by atoms with van der Waals surface area (Å²) < 4.78 is 24.2. The van der Waals surface area contributed by atoms with Gasteiger partial charge in [0.25, 0.3) is 6.43 Å². The second-order valence-corrected chi connectivity index (χ2v) is 2.59. The molecule has 3 heteroatoms.